The number of fused-ring (bicyclic) bond motifs is 8. The molecule has 0 saturated carbocycles. The van der Waals surface area contributed by atoms with Gasteiger partial charge in [0, 0.05) is 24.4 Å². The van der Waals surface area contributed by atoms with Crippen molar-refractivity contribution < 1.29 is 9.84 Å². The third kappa shape index (κ3) is 3.45. The molecular formula is C28H29N3O3. The highest BCUT2D eigenvalue weighted by molar-refractivity contribution is 5.60. The van der Waals surface area contributed by atoms with Gasteiger partial charge in [-0.05, 0) is 54.9 Å². The van der Waals surface area contributed by atoms with Crippen LogP contribution in [0.15, 0.2) is 71.7 Å². The third-order valence-corrected chi connectivity index (χ3v) is 7.17. The smallest absolute Gasteiger partial charge is 0.225 e. The summed E-state index contributed by atoms with van der Waals surface area (Å²) in [5, 5.41) is 13.1. The number of aromatic nitrogens is 1. The summed E-state index contributed by atoms with van der Waals surface area (Å²) >= 11 is 0. The fourth-order valence-corrected chi connectivity index (χ4v) is 5.58. The zero-order valence-electron chi connectivity index (χ0n) is 19.2. The molecule has 1 atom stereocenters. The maximum Gasteiger partial charge on any atom is 0.225 e. The minimum Gasteiger partial charge on any atom is -0.502 e. The number of rotatable bonds is 0. The molecule has 6 rings (SSSR count). The van der Waals surface area contributed by atoms with Gasteiger partial charge in [-0.1, -0.05) is 48.6 Å². The van der Waals surface area contributed by atoms with Gasteiger partial charge >= 0.3 is 0 Å². The lowest BCUT2D eigenvalue weighted by molar-refractivity contribution is 0.318. The first-order valence-electron chi connectivity index (χ1n) is 12.2. The number of ether oxygens (including phenoxy) is 1. The molecule has 3 heterocycles. The van der Waals surface area contributed by atoms with E-state index in [0.29, 0.717) is 19.1 Å². The highest BCUT2D eigenvalue weighted by atomic mass is 16.5. The van der Waals surface area contributed by atoms with Crippen molar-refractivity contribution in [2.45, 2.75) is 38.1 Å². The van der Waals surface area contributed by atoms with E-state index in [2.05, 4.69) is 64.5 Å². The predicted octanol–water partition coefficient (Wildman–Crippen LogP) is 4.28. The molecule has 1 unspecified atom stereocenters. The molecule has 6 nitrogen and oxygen atoms in total. The van der Waals surface area contributed by atoms with Crippen molar-refractivity contribution in [1.82, 2.24) is 4.68 Å². The number of benzene rings is 2. The first-order chi connectivity index (χ1) is 16.7. The first-order valence-corrected chi connectivity index (χ1v) is 12.2. The van der Waals surface area contributed by atoms with Gasteiger partial charge in [0.05, 0.1) is 6.61 Å². The molecule has 0 spiro atoms. The fourth-order valence-electron chi connectivity index (χ4n) is 5.58. The molecule has 3 aliphatic rings. The summed E-state index contributed by atoms with van der Waals surface area (Å²) in [6.45, 7) is 1.97. The Balaban J connectivity index is 1.60. The van der Waals surface area contributed by atoms with Crippen LogP contribution in [0, 0.1) is 0 Å². The van der Waals surface area contributed by atoms with Crippen LogP contribution in [-0.2, 0) is 12.8 Å². The summed E-state index contributed by atoms with van der Waals surface area (Å²) in [7, 11) is 0. The Morgan fingerprint density at radius 3 is 2.71 bits per heavy atom. The normalized spacial score (nSPS) is 19.4. The van der Waals surface area contributed by atoms with Crippen LogP contribution in [0.3, 0.4) is 0 Å². The van der Waals surface area contributed by atoms with Gasteiger partial charge in [0.1, 0.15) is 18.5 Å². The van der Waals surface area contributed by atoms with Crippen molar-refractivity contribution in [3.63, 3.8) is 0 Å². The van der Waals surface area contributed by atoms with Crippen LogP contribution in [0.25, 0.3) is 0 Å². The maximum atomic E-state index is 12.4. The van der Waals surface area contributed by atoms with Gasteiger partial charge in [0.2, 0.25) is 11.2 Å². The minimum absolute atomic E-state index is 0.103. The molecule has 0 radical (unpaired) electrons. The van der Waals surface area contributed by atoms with E-state index in [0.717, 1.165) is 44.4 Å². The number of allylic oxidation sites excluding steroid dienone is 1. The average molecular weight is 456 g/mol. The zero-order valence-corrected chi connectivity index (χ0v) is 19.2. The topological polar surface area (TPSA) is 57.9 Å². The molecule has 2 aliphatic heterocycles. The van der Waals surface area contributed by atoms with Crippen molar-refractivity contribution in [3.8, 4) is 11.5 Å². The standard InChI is InChI=1S/C28H29N3O3/c32-23-15-17-30-28(27(23)33)29-16-6-2-1-3-7-18-34-24-12-8-10-21-14-13-20-9-4-5-11-22(20)26(25(21)24)31(30)19-29/h1,3-5,8-12,15,17,26,33H,2,6-7,13-14,16,18-19H2. The molecule has 1 aliphatic carbocycles. The van der Waals surface area contributed by atoms with E-state index < -0.39 is 0 Å². The number of pyridine rings is 1. The van der Waals surface area contributed by atoms with Gasteiger partial charge in [-0.3, -0.25) is 9.80 Å². The molecule has 2 aromatic carbocycles. The average Bonchev–Trinajstić information content (AvgIpc) is 3.12. The van der Waals surface area contributed by atoms with Crippen LogP contribution >= 0.6 is 0 Å². The second kappa shape index (κ2) is 8.60. The Hall–Kier alpha value is -3.67. The number of aromatic hydroxyl groups is 1. The molecule has 2 bridgehead atoms. The Morgan fingerprint density at radius 1 is 0.941 bits per heavy atom. The molecule has 1 N–H and O–H groups in total. The van der Waals surface area contributed by atoms with Gasteiger partial charge in [-0.15, -0.1) is 0 Å². The molecule has 0 amide bonds. The van der Waals surface area contributed by atoms with E-state index in [-0.39, 0.29) is 17.2 Å². The summed E-state index contributed by atoms with van der Waals surface area (Å²) in [4.78, 5) is 14.5. The number of hydrogen-bond donors (Lipinski definition) is 1. The highest BCUT2D eigenvalue weighted by Gasteiger charge is 2.38. The Bertz CT molecular complexity index is 1310. The lowest BCUT2D eigenvalue weighted by Crippen LogP contribution is -2.39. The quantitative estimate of drug-likeness (QED) is 0.513. The zero-order chi connectivity index (χ0) is 23.1. The summed E-state index contributed by atoms with van der Waals surface area (Å²) in [6.07, 6.45) is 10.8. The molecule has 3 aromatic rings. The second-order valence-electron chi connectivity index (χ2n) is 9.22. The van der Waals surface area contributed by atoms with Crippen molar-refractivity contribution in [2.24, 2.45) is 0 Å². The summed E-state index contributed by atoms with van der Waals surface area (Å²) < 4.78 is 8.36. The fraction of sp³-hybridized carbons (Fsp3) is 0.321. The second-order valence-corrected chi connectivity index (χ2v) is 9.22. The van der Waals surface area contributed by atoms with E-state index >= 15 is 0 Å². The van der Waals surface area contributed by atoms with Crippen molar-refractivity contribution >= 4 is 5.82 Å². The molecule has 0 fully saturated rings. The first kappa shape index (κ1) is 20.9. The Labute approximate surface area is 199 Å². The van der Waals surface area contributed by atoms with Crippen molar-refractivity contribution in [2.75, 3.05) is 29.7 Å². The van der Waals surface area contributed by atoms with E-state index in [1.165, 1.54) is 28.3 Å². The van der Waals surface area contributed by atoms with Crippen LogP contribution < -0.4 is 20.1 Å². The summed E-state index contributed by atoms with van der Waals surface area (Å²) in [6, 6.07) is 16.4. The van der Waals surface area contributed by atoms with Crippen LogP contribution in [0.5, 0.6) is 11.5 Å². The lowest BCUT2D eigenvalue weighted by atomic mass is 9.93. The van der Waals surface area contributed by atoms with Gasteiger partial charge in [-0.25, -0.2) is 4.68 Å². The molecular weight excluding hydrogens is 426 g/mol. The number of aryl methyl sites for hydroxylation is 2. The number of hydrogen-bond acceptors (Lipinski definition) is 5. The number of nitrogens with zero attached hydrogens (tertiary/aromatic N) is 3. The van der Waals surface area contributed by atoms with Crippen LogP contribution in [0.2, 0.25) is 0 Å². The van der Waals surface area contributed by atoms with E-state index in [9.17, 15) is 9.90 Å². The summed E-state index contributed by atoms with van der Waals surface area (Å²) in [5.41, 5.74) is 4.69. The molecule has 34 heavy (non-hydrogen) atoms. The monoisotopic (exact) mass is 455 g/mol. The maximum absolute atomic E-state index is 12.4. The van der Waals surface area contributed by atoms with Crippen molar-refractivity contribution in [1.29, 1.82) is 0 Å². The van der Waals surface area contributed by atoms with E-state index in [1.807, 2.05) is 4.68 Å². The van der Waals surface area contributed by atoms with Crippen LogP contribution in [0.1, 0.15) is 47.6 Å². The Kier molecular flexibility index (Phi) is 5.28. The van der Waals surface area contributed by atoms with Crippen molar-refractivity contribution in [3.05, 3.63) is 99.4 Å². The van der Waals surface area contributed by atoms with Gasteiger partial charge in [-0.2, -0.15) is 0 Å². The molecule has 0 saturated heterocycles. The van der Waals surface area contributed by atoms with Gasteiger partial charge < -0.3 is 14.7 Å². The SMILES string of the molecule is O=c1ccn2c(c1O)N1CCCC=CCCOc3cccc4c3C(c3ccccc3CC4)N2C1. The largest absolute Gasteiger partial charge is 0.502 e. The predicted molar refractivity (Wildman–Crippen MR) is 133 cm³/mol. The van der Waals surface area contributed by atoms with E-state index in [1.54, 1.807) is 6.20 Å². The molecule has 6 heteroatoms. The van der Waals surface area contributed by atoms with Crippen LogP contribution in [-0.4, -0.2) is 29.6 Å². The Morgan fingerprint density at radius 2 is 1.76 bits per heavy atom. The minimum atomic E-state index is -0.346. The van der Waals surface area contributed by atoms with E-state index in [4.69, 9.17) is 4.74 Å². The molecule has 174 valence electrons. The van der Waals surface area contributed by atoms with Gasteiger partial charge in [0.15, 0.2) is 5.82 Å². The third-order valence-electron chi connectivity index (χ3n) is 7.17. The van der Waals surface area contributed by atoms with Gasteiger partial charge in [0.25, 0.3) is 0 Å². The van der Waals surface area contributed by atoms with Crippen LogP contribution in [0.4, 0.5) is 5.82 Å². The summed E-state index contributed by atoms with van der Waals surface area (Å²) in [5.74, 6) is 1.31. The number of anilines is 1. The molecule has 1 aromatic heterocycles. The highest BCUT2D eigenvalue weighted by Crippen LogP contribution is 2.44. The lowest BCUT2D eigenvalue weighted by Gasteiger charge is -2.34.